The molecule has 9 heteroatoms. The van der Waals surface area contributed by atoms with Gasteiger partial charge >= 0.3 is 11.5 Å². The number of hydrogen-bond acceptors (Lipinski definition) is 6. The number of anilines is 1. The van der Waals surface area contributed by atoms with E-state index in [1.54, 1.807) is 0 Å². The molecule has 0 aliphatic carbocycles. The Hall–Kier alpha value is -2.19. The molecule has 0 saturated heterocycles. The molecule has 1 heterocycles. The molecule has 0 aliphatic heterocycles. The minimum Gasteiger partial charge on any atom is -0.375 e. The first-order chi connectivity index (χ1) is 5.54. The second-order valence-corrected chi connectivity index (χ2v) is 1.82. The molecule has 0 atom stereocenters. The van der Waals surface area contributed by atoms with Gasteiger partial charge in [-0.1, -0.05) is 5.10 Å². The van der Waals surface area contributed by atoms with E-state index >= 15 is 0 Å². The highest BCUT2D eigenvalue weighted by Gasteiger charge is 2.30. The third-order valence-corrected chi connectivity index (χ3v) is 1.11. The highest BCUT2D eigenvalue weighted by atomic mass is 16.6. The van der Waals surface area contributed by atoms with Crippen molar-refractivity contribution in [3.63, 3.8) is 0 Å². The van der Waals surface area contributed by atoms with Gasteiger partial charge in [0.1, 0.15) is 0 Å². The number of hydrogen-bond donors (Lipinski definition) is 2. The summed E-state index contributed by atoms with van der Waals surface area (Å²) in [7, 11) is 0. The number of aromatic nitrogens is 2. The number of rotatable bonds is 2. The van der Waals surface area contributed by atoms with Crippen molar-refractivity contribution >= 4 is 17.3 Å². The minimum absolute atomic E-state index is 0.494. The zero-order valence-corrected chi connectivity index (χ0v) is 5.55. The Balaban J connectivity index is 3.31. The number of nitro groups is 2. The number of nitrogen functional groups attached to an aromatic ring is 1. The minimum atomic E-state index is -0.961. The number of nitrogens with one attached hydrogen (secondary N) is 1. The maximum atomic E-state index is 10.2. The van der Waals surface area contributed by atoms with Crippen molar-refractivity contribution in [1.29, 1.82) is 0 Å². The molecular formula is C3H3N5O4. The highest BCUT2D eigenvalue weighted by molar-refractivity contribution is 5.62. The van der Waals surface area contributed by atoms with Crippen LogP contribution in [0.4, 0.5) is 17.3 Å². The summed E-state index contributed by atoms with van der Waals surface area (Å²) >= 11 is 0. The van der Waals surface area contributed by atoms with Gasteiger partial charge in [0.25, 0.3) is 5.82 Å². The largest absolute Gasteiger partial charge is 0.424 e. The molecule has 0 fully saturated rings. The van der Waals surface area contributed by atoms with Crippen LogP contribution < -0.4 is 5.73 Å². The Kier molecular flexibility index (Phi) is 1.62. The van der Waals surface area contributed by atoms with E-state index < -0.39 is 27.2 Å². The number of nitrogens with zero attached hydrogens (tertiary/aromatic N) is 3. The van der Waals surface area contributed by atoms with Gasteiger partial charge in [0.2, 0.25) is 0 Å². The average Bonchev–Trinajstić information content (AvgIpc) is 2.30. The molecule has 0 unspecified atom stereocenters. The van der Waals surface area contributed by atoms with Crippen LogP contribution in [0.1, 0.15) is 0 Å². The summed E-state index contributed by atoms with van der Waals surface area (Å²) in [5, 5.41) is 25.3. The molecule has 0 aromatic carbocycles. The summed E-state index contributed by atoms with van der Waals surface area (Å²) in [5.74, 6) is -1.30. The van der Waals surface area contributed by atoms with Crippen molar-refractivity contribution in [3.05, 3.63) is 20.2 Å². The molecule has 0 spiro atoms. The van der Waals surface area contributed by atoms with E-state index in [-0.39, 0.29) is 0 Å². The van der Waals surface area contributed by atoms with Crippen LogP contribution in [0.25, 0.3) is 0 Å². The lowest BCUT2D eigenvalue weighted by atomic mass is 10.5. The Morgan fingerprint density at radius 2 is 1.92 bits per heavy atom. The van der Waals surface area contributed by atoms with Crippen molar-refractivity contribution in [2.24, 2.45) is 0 Å². The third kappa shape index (κ3) is 1.02. The van der Waals surface area contributed by atoms with Gasteiger partial charge in [-0.3, -0.25) is 10.1 Å². The van der Waals surface area contributed by atoms with Crippen molar-refractivity contribution in [2.75, 3.05) is 5.73 Å². The number of aromatic amines is 1. The highest BCUT2D eigenvalue weighted by Crippen LogP contribution is 2.28. The van der Waals surface area contributed by atoms with Crippen LogP contribution in [0.5, 0.6) is 0 Å². The van der Waals surface area contributed by atoms with Gasteiger partial charge in [-0.25, -0.2) is 0 Å². The van der Waals surface area contributed by atoms with E-state index in [0.29, 0.717) is 0 Å². The lowest BCUT2D eigenvalue weighted by Gasteiger charge is -1.88. The molecule has 12 heavy (non-hydrogen) atoms. The summed E-state index contributed by atoms with van der Waals surface area (Å²) in [6, 6.07) is 0. The first-order valence-corrected chi connectivity index (χ1v) is 2.66. The molecule has 0 saturated carbocycles. The van der Waals surface area contributed by atoms with Crippen LogP contribution in [0.3, 0.4) is 0 Å². The molecule has 0 aliphatic rings. The zero-order valence-electron chi connectivity index (χ0n) is 5.55. The van der Waals surface area contributed by atoms with Crippen LogP contribution in [0.2, 0.25) is 0 Å². The van der Waals surface area contributed by atoms with Gasteiger partial charge in [-0.2, -0.15) is 0 Å². The lowest BCUT2D eigenvalue weighted by molar-refractivity contribution is -0.424. The Morgan fingerprint density at radius 1 is 1.33 bits per heavy atom. The van der Waals surface area contributed by atoms with E-state index in [0.717, 1.165) is 0 Å². The fraction of sp³-hybridized carbons (Fsp3) is 0. The summed E-state index contributed by atoms with van der Waals surface area (Å²) < 4.78 is 0. The molecule has 1 aromatic rings. The Bertz CT molecular complexity index is 342. The van der Waals surface area contributed by atoms with E-state index in [2.05, 4.69) is 5.10 Å². The maximum Gasteiger partial charge on any atom is 0.424 e. The van der Waals surface area contributed by atoms with Crippen LogP contribution in [0, 0.1) is 20.2 Å². The van der Waals surface area contributed by atoms with Crippen molar-refractivity contribution in [2.45, 2.75) is 0 Å². The second-order valence-electron chi connectivity index (χ2n) is 1.82. The van der Waals surface area contributed by atoms with E-state index in [1.165, 1.54) is 0 Å². The van der Waals surface area contributed by atoms with Gasteiger partial charge in [0, 0.05) is 0 Å². The summed E-state index contributed by atoms with van der Waals surface area (Å²) in [6.45, 7) is 0. The molecule has 9 nitrogen and oxygen atoms in total. The smallest absolute Gasteiger partial charge is 0.375 e. The summed E-state index contributed by atoms with van der Waals surface area (Å²) in [6.07, 6.45) is 0. The molecule has 64 valence electrons. The average molecular weight is 173 g/mol. The SMILES string of the molecule is Nc1n[nH]c([N+](=O)[O-])c1[N+](=O)[O-]. The first kappa shape index (κ1) is 7.91. The Labute approximate surface area is 64.5 Å². The standard InChI is InChI=1S/C3H3N5O4/c4-2-1(7(9)10)3(6-5-2)8(11)12/h(H3,4,5,6). The van der Waals surface area contributed by atoms with Gasteiger partial charge < -0.3 is 15.8 Å². The van der Waals surface area contributed by atoms with E-state index in [1.807, 2.05) is 5.10 Å². The van der Waals surface area contributed by atoms with Gasteiger partial charge in [-0.15, -0.1) is 5.10 Å². The van der Waals surface area contributed by atoms with Crippen LogP contribution in [-0.4, -0.2) is 20.0 Å². The molecule has 0 radical (unpaired) electrons. The molecule has 0 bridgehead atoms. The summed E-state index contributed by atoms with van der Waals surface area (Å²) in [4.78, 5) is 18.4. The molecule has 0 amide bonds. The number of H-pyrrole nitrogens is 1. The zero-order chi connectivity index (χ0) is 9.30. The first-order valence-electron chi connectivity index (χ1n) is 2.66. The number of nitrogens with two attached hydrogens (primary N) is 1. The quantitative estimate of drug-likeness (QED) is 0.468. The second kappa shape index (κ2) is 2.45. The monoisotopic (exact) mass is 173 g/mol. The van der Waals surface area contributed by atoms with Crippen LogP contribution >= 0.6 is 0 Å². The Morgan fingerprint density at radius 3 is 2.25 bits per heavy atom. The van der Waals surface area contributed by atoms with Gasteiger partial charge in [-0.05, 0) is 4.92 Å². The normalized spacial score (nSPS) is 9.67. The van der Waals surface area contributed by atoms with Crippen LogP contribution in [-0.2, 0) is 0 Å². The lowest BCUT2D eigenvalue weighted by Crippen LogP contribution is -1.96. The van der Waals surface area contributed by atoms with Gasteiger partial charge in [0.05, 0.1) is 4.92 Å². The molecular weight excluding hydrogens is 170 g/mol. The molecule has 1 aromatic heterocycles. The topological polar surface area (TPSA) is 141 Å². The fourth-order valence-electron chi connectivity index (χ4n) is 0.648. The predicted octanol–water partition coefficient (Wildman–Crippen LogP) is -0.192. The van der Waals surface area contributed by atoms with Crippen molar-refractivity contribution < 1.29 is 9.85 Å². The van der Waals surface area contributed by atoms with Crippen molar-refractivity contribution in [3.8, 4) is 0 Å². The van der Waals surface area contributed by atoms with E-state index in [4.69, 9.17) is 5.73 Å². The fourth-order valence-corrected chi connectivity index (χ4v) is 0.648. The van der Waals surface area contributed by atoms with Crippen molar-refractivity contribution in [1.82, 2.24) is 10.2 Å². The van der Waals surface area contributed by atoms with Crippen LogP contribution in [0.15, 0.2) is 0 Å². The molecule has 3 N–H and O–H groups in total. The predicted molar refractivity (Wildman–Crippen MR) is 36.3 cm³/mol. The molecule has 1 rings (SSSR count). The maximum absolute atomic E-state index is 10.2. The van der Waals surface area contributed by atoms with Gasteiger partial charge in [0.15, 0.2) is 0 Å². The third-order valence-electron chi connectivity index (χ3n) is 1.11. The van der Waals surface area contributed by atoms with E-state index in [9.17, 15) is 20.2 Å². The summed E-state index contributed by atoms with van der Waals surface area (Å²) in [5.41, 5.74) is 4.19.